The van der Waals surface area contributed by atoms with E-state index in [0.29, 0.717) is 5.57 Å². The van der Waals surface area contributed by atoms with Crippen molar-refractivity contribution < 1.29 is 0 Å². The summed E-state index contributed by atoms with van der Waals surface area (Å²) in [4.78, 5) is 2.03. The third-order valence-corrected chi connectivity index (χ3v) is 9.19. The highest BCUT2D eigenvalue weighted by Crippen LogP contribution is 2.49. The zero-order valence-electron chi connectivity index (χ0n) is 17.7. The Morgan fingerprint density at radius 2 is 1.28 bits per heavy atom. The van der Waals surface area contributed by atoms with Crippen LogP contribution < -0.4 is 0 Å². The number of allylic oxidation sites excluding steroid dienone is 2. The minimum atomic E-state index is 0.121. The van der Waals surface area contributed by atoms with E-state index in [1.165, 1.54) is 35.3 Å². The first kappa shape index (κ1) is 20.5. The van der Waals surface area contributed by atoms with Crippen LogP contribution in [0.1, 0.15) is 30.5 Å². The lowest BCUT2D eigenvalue weighted by atomic mass is 10.3. The molecule has 5 aromatic rings. The SMILES string of the molecule is CCn1c2cc(C=C(C#N)C#N)sc2c2sc3c4sc(/C=C(/C)C#N)cc4n(CC)c3c21. The second-order valence-corrected chi connectivity index (χ2v) is 10.6. The largest absolute Gasteiger partial charge is 0.338 e. The average molecular weight is 472 g/mol. The van der Waals surface area contributed by atoms with Gasteiger partial charge in [0.05, 0.1) is 46.9 Å². The first-order valence-electron chi connectivity index (χ1n) is 10.1. The molecule has 0 atom stereocenters. The normalized spacial score (nSPS) is 11.9. The van der Waals surface area contributed by atoms with Gasteiger partial charge < -0.3 is 9.13 Å². The molecule has 0 saturated heterocycles. The number of aryl methyl sites for hydroxylation is 2. The molecule has 0 aliphatic rings. The molecule has 8 heteroatoms. The van der Waals surface area contributed by atoms with E-state index in [1.54, 1.807) is 28.7 Å². The fourth-order valence-electron chi connectivity index (χ4n) is 4.27. The van der Waals surface area contributed by atoms with Crippen LogP contribution in [0.2, 0.25) is 0 Å². The number of hydrogen-bond donors (Lipinski definition) is 0. The Balaban J connectivity index is 1.84. The van der Waals surface area contributed by atoms with Crippen molar-refractivity contribution in [3.05, 3.63) is 33.0 Å². The van der Waals surface area contributed by atoms with Crippen molar-refractivity contribution in [1.82, 2.24) is 9.13 Å². The lowest BCUT2D eigenvalue weighted by Crippen LogP contribution is -1.97. The molecular formula is C24H17N5S3. The van der Waals surface area contributed by atoms with Crippen molar-refractivity contribution in [2.45, 2.75) is 33.9 Å². The Kier molecular flexibility index (Phi) is 4.92. The highest BCUT2D eigenvalue weighted by Gasteiger charge is 2.24. The summed E-state index contributed by atoms with van der Waals surface area (Å²) < 4.78 is 9.76. The summed E-state index contributed by atoms with van der Waals surface area (Å²) in [6, 6.07) is 10.4. The van der Waals surface area contributed by atoms with Gasteiger partial charge >= 0.3 is 0 Å². The Hall–Kier alpha value is -3.35. The highest BCUT2D eigenvalue weighted by atomic mass is 32.1. The average Bonchev–Trinajstić information content (AvgIpc) is 3.56. The van der Waals surface area contributed by atoms with E-state index >= 15 is 0 Å². The summed E-state index contributed by atoms with van der Waals surface area (Å²) in [5, 5.41) is 27.4. The zero-order chi connectivity index (χ0) is 22.6. The molecule has 156 valence electrons. The van der Waals surface area contributed by atoms with E-state index in [9.17, 15) is 0 Å². The summed E-state index contributed by atoms with van der Waals surface area (Å²) >= 11 is 5.19. The van der Waals surface area contributed by atoms with Crippen LogP contribution in [0.25, 0.3) is 53.0 Å². The highest BCUT2D eigenvalue weighted by molar-refractivity contribution is 7.34. The molecule has 0 radical (unpaired) electrons. The van der Waals surface area contributed by atoms with Gasteiger partial charge in [-0.1, -0.05) is 0 Å². The van der Waals surface area contributed by atoms with Gasteiger partial charge in [0.2, 0.25) is 0 Å². The number of nitriles is 3. The summed E-state index contributed by atoms with van der Waals surface area (Å²) in [6.07, 6.45) is 3.62. The second-order valence-electron chi connectivity index (χ2n) is 7.39. The van der Waals surface area contributed by atoms with Crippen LogP contribution in [-0.4, -0.2) is 9.13 Å². The van der Waals surface area contributed by atoms with Crippen molar-refractivity contribution in [3.63, 3.8) is 0 Å². The molecule has 5 rings (SSSR count). The quantitative estimate of drug-likeness (QED) is 0.255. The molecule has 0 saturated carbocycles. The summed E-state index contributed by atoms with van der Waals surface area (Å²) in [7, 11) is 0. The number of thiophene rings is 3. The van der Waals surface area contributed by atoms with Gasteiger partial charge in [-0.3, -0.25) is 0 Å². The van der Waals surface area contributed by atoms with Crippen LogP contribution in [0, 0.1) is 34.0 Å². The van der Waals surface area contributed by atoms with Crippen molar-refractivity contribution in [2.24, 2.45) is 0 Å². The molecule has 0 fully saturated rings. The van der Waals surface area contributed by atoms with E-state index in [2.05, 4.69) is 41.2 Å². The van der Waals surface area contributed by atoms with Crippen LogP contribution in [-0.2, 0) is 13.1 Å². The van der Waals surface area contributed by atoms with Crippen molar-refractivity contribution in [3.8, 4) is 18.2 Å². The van der Waals surface area contributed by atoms with Crippen LogP contribution in [0.4, 0.5) is 0 Å². The molecule has 0 aliphatic carbocycles. The Bertz CT molecular complexity index is 1720. The van der Waals surface area contributed by atoms with Gasteiger partial charge in [-0.15, -0.1) is 34.0 Å². The standard InChI is InChI=1S/C24H17N5S3/c1-4-28-17-8-15(6-13(3)10-25)30-21(17)23-19(28)20-24(32-23)22-18(29(20)5-2)9-16(31-22)7-14(11-26)12-27/h6-9H,4-5H2,1-3H3/b13-6-. The molecule has 0 unspecified atom stereocenters. The first-order valence-corrected chi connectivity index (χ1v) is 12.6. The van der Waals surface area contributed by atoms with Crippen LogP contribution in [0.5, 0.6) is 0 Å². The van der Waals surface area contributed by atoms with Gasteiger partial charge in [0.25, 0.3) is 0 Å². The van der Waals surface area contributed by atoms with Crippen molar-refractivity contribution in [1.29, 1.82) is 15.8 Å². The smallest absolute Gasteiger partial charge is 0.131 e. The van der Waals surface area contributed by atoms with Crippen molar-refractivity contribution in [2.75, 3.05) is 0 Å². The first-order chi connectivity index (χ1) is 15.5. The monoisotopic (exact) mass is 471 g/mol. The van der Waals surface area contributed by atoms with Crippen LogP contribution in [0.15, 0.2) is 23.3 Å². The van der Waals surface area contributed by atoms with Gasteiger partial charge in [0.15, 0.2) is 0 Å². The minimum absolute atomic E-state index is 0.121. The lowest BCUT2D eigenvalue weighted by Gasteiger charge is -2.05. The maximum absolute atomic E-state index is 9.15. The van der Waals surface area contributed by atoms with Crippen LogP contribution >= 0.6 is 34.0 Å². The maximum Gasteiger partial charge on any atom is 0.131 e. The fraction of sp³-hybridized carbons (Fsp3) is 0.208. The van der Waals surface area contributed by atoms with E-state index in [-0.39, 0.29) is 5.57 Å². The van der Waals surface area contributed by atoms with Gasteiger partial charge in [-0.25, -0.2) is 0 Å². The Labute approximate surface area is 196 Å². The fourth-order valence-corrected chi connectivity index (χ4v) is 8.12. The molecule has 0 amide bonds. The van der Waals surface area contributed by atoms with E-state index in [1.807, 2.05) is 36.5 Å². The second kappa shape index (κ2) is 7.65. The predicted molar refractivity (Wildman–Crippen MR) is 136 cm³/mol. The lowest BCUT2D eigenvalue weighted by molar-refractivity contribution is 0.809. The molecule has 0 aromatic carbocycles. The molecule has 5 aromatic heterocycles. The molecule has 0 bridgehead atoms. The van der Waals surface area contributed by atoms with E-state index in [4.69, 9.17) is 15.8 Å². The maximum atomic E-state index is 9.15. The number of hydrogen-bond acceptors (Lipinski definition) is 6. The number of rotatable bonds is 4. The molecule has 0 aliphatic heterocycles. The molecular weight excluding hydrogens is 455 g/mol. The number of aromatic nitrogens is 2. The molecule has 0 N–H and O–H groups in total. The number of fused-ring (bicyclic) bond motifs is 7. The predicted octanol–water partition coefficient (Wildman–Crippen LogP) is 7.48. The number of nitrogens with zero attached hydrogens (tertiary/aromatic N) is 5. The van der Waals surface area contributed by atoms with Gasteiger partial charge in [-0.05, 0) is 45.1 Å². The molecule has 0 spiro atoms. The molecule has 32 heavy (non-hydrogen) atoms. The summed E-state index contributed by atoms with van der Waals surface area (Å²) in [6.45, 7) is 7.87. The molecule has 5 nitrogen and oxygen atoms in total. The minimum Gasteiger partial charge on any atom is -0.338 e. The van der Waals surface area contributed by atoms with E-state index in [0.717, 1.165) is 28.4 Å². The van der Waals surface area contributed by atoms with Crippen LogP contribution in [0.3, 0.4) is 0 Å². The third-order valence-electron chi connectivity index (χ3n) is 5.55. The summed E-state index contributed by atoms with van der Waals surface area (Å²) in [5.41, 5.74) is 5.75. The molecule has 5 heterocycles. The Morgan fingerprint density at radius 3 is 1.72 bits per heavy atom. The van der Waals surface area contributed by atoms with Crippen molar-refractivity contribution >= 4 is 87.0 Å². The third kappa shape index (κ3) is 2.83. The van der Waals surface area contributed by atoms with E-state index < -0.39 is 0 Å². The Morgan fingerprint density at radius 1 is 0.781 bits per heavy atom. The zero-order valence-corrected chi connectivity index (χ0v) is 20.1. The van der Waals surface area contributed by atoms with Gasteiger partial charge in [0, 0.05) is 28.4 Å². The van der Waals surface area contributed by atoms with Gasteiger partial charge in [-0.2, -0.15) is 15.8 Å². The van der Waals surface area contributed by atoms with Gasteiger partial charge in [0.1, 0.15) is 17.7 Å². The summed E-state index contributed by atoms with van der Waals surface area (Å²) in [5.74, 6) is 0. The topological polar surface area (TPSA) is 81.2 Å².